The zero-order valence-electron chi connectivity index (χ0n) is 14.3. The molecule has 25 heavy (non-hydrogen) atoms. The number of ether oxygens (including phenoxy) is 1. The van der Waals surface area contributed by atoms with Crippen molar-refractivity contribution in [2.45, 2.75) is 33.1 Å². The number of rotatable bonds is 9. The van der Waals surface area contributed by atoms with Gasteiger partial charge in [-0.1, -0.05) is 5.21 Å². The molecule has 9 nitrogen and oxygen atoms in total. The average molecular weight is 346 g/mol. The van der Waals surface area contributed by atoms with Crippen molar-refractivity contribution in [3.05, 3.63) is 29.6 Å². The summed E-state index contributed by atoms with van der Waals surface area (Å²) in [6, 6.07) is 5.04. The van der Waals surface area contributed by atoms with Gasteiger partial charge < -0.3 is 15.4 Å². The molecule has 1 amide bonds. The molecule has 2 rings (SSSR count). The molecule has 0 saturated heterocycles. The minimum atomic E-state index is -0.418. The predicted molar refractivity (Wildman–Crippen MR) is 92.3 cm³/mol. The number of esters is 1. The molecule has 0 aliphatic heterocycles. The van der Waals surface area contributed by atoms with Gasteiger partial charge in [0, 0.05) is 19.4 Å². The van der Waals surface area contributed by atoms with Gasteiger partial charge in [0.05, 0.1) is 23.5 Å². The molecule has 0 bridgehead atoms. The Hall–Kier alpha value is -2.97. The standard InChI is InChI=1S/C16H22N6O3/c1-3-17-12-9-8-11(16(24)25-4-2)10-13(12)18-15(23)7-5-6-14-19-21-22-20-14/h8-10,17H,3-7H2,1-2H3,(H,18,23)(H,19,20,21,22). The highest BCUT2D eigenvalue weighted by Gasteiger charge is 2.12. The summed E-state index contributed by atoms with van der Waals surface area (Å²) in [5.41, 5.74) is 1.70. The van der Waals surface area contributed by atoms with Crippen molar-refractivity contribution in [1.29, 1.82) is 0 Å². The monoisotopic (exact) mass is 346 g/mol. The van der Waals surface area contributed by atoms with Crippen LogP contribution in [-0.2, 0) is 16.0 Å². The van der Waals surface area contributed by atoms with E-state index < -0.39 is 5.97 Å². The topological polar surface area (TPSA) is 122 Å². The Bertz CT molecular complexity index is 702. The Morgan fingerprint density at radius 2 is 2.08 bits per heavy atom. The van der Waals surface area contributed by atoms with Gasteiger partial charge in [-0.15, -0.1) is 10.2 Å². The van der Waals surface area contributed by atoms with Crippen molar-refractivity contribution < 1.29 is 14.3 Å². The molecule has 0 saturated carbocycles. The first-order valence-corrected chi connectivity index (χ1v) is 8.21. The zero-order valence-corrected chi connectivity index (χ0v) is 14.3. The largest absolute Gasteiger partial charge is 0.462 e. The lowest BCUT2D eigenvalue weighted by molar-refractivity contribution is -0.116. The van der Waals surface area contributed by atoms with Gasteiger partial charge in [0.25, 0.3) is 0 Å². The number of anilines is 2. The van der Waals surface area contributed by atoms with Crippen molar-refractivity contribution in [2.24, 2.45) is 0 Å². The molecule has 0 radical (unpaired) electrons. The fourth-order valence-electron chi connectivity index (χ4n) is 2.24. The molecule has 0 spiro atoms. The fourth-order valence-corrected chi connectivity index (χ4v) is 2.24. The van der Waals surface area contributed by atoms with E-state index in [0.29, 0.717) is 49.5 Å². The molecule has 0 aliphatic carbocycles. The van der Waals surface area contributed by atoms with E-state index >= 15 is 0 Å². The van der Waals surface area contributed by atoms with E-state index in [1.807, 2.05) is 6.92 Å². The number of carbonyl (C=O) groups is 2. The maximum Gasteiger partial charge on any atom is 0.338 e. The number of H-pyrrole nitrogens is 1. The maximum absolute atomic E-state index is 12.2. The number of aromatic nitrogens is 4. The summed E-state index contributed by atoms with van der Waals surface area (Å²) in [4.78, 5) is 24.1. The first-order valence-electron chi connectivity index (χ1n) is 8.21. The third kappa shape index (κ3) is 5.55. The third-order valence-electron chi connectivity index (χ3n) is 3.37. The summed E-state index contributed by atoms with van der Waals surface area (Å²) >= 11 is 0. The van der Waals surface area contributed by atoms with Crippen LogP contribution >= 0.6 is 0 Å². The Kier molecular flexibility index (Phi) is 6.87. The summed E-state index contributed by atoms with van der Waals surface area (Å²) < 4.78 is 5.00. The molecule has 0 fully saturated rings. The third-order valence-corrected chi connectivity index (χ3v) is 3.37. The van der Waals surface area contributed by atoms with Crippen LogP contribution in [0.25, 0.3) is 0 Å². The van der Waals surface area contributed by atoms with Crippen molar-refractivity contribution in [3.8, 4) is 0 Å². The van der Waals surface area contributed by atoms with Gasteiger partial charge in [-0.25, -0.2) is 4.79 Å². The van der Waals surface area contributed by atoms with Crippen molar-refractivity contribution in [1.82, 2.24) is 20.6 Å². The molecular formula is C16H22N6O3. The number of tetrazole rings is 1. The molecule has 1 heterocycles. The van der Waals surface area contributed by atoms with E-state index in [4.69, 9.17) is 4.74 Å². The lowest BCUT2D eigenvalue weighted by atomic mass is 10.1. The normalized spacial score (nSPS) is 10.3. The number of hydrogen-bond donors (Lipinski definition) is 3. The van der Waals surface area contributed by atoms with E-state index in [9.17, 15) is 9.59 Å². The van der Waals surface area contributed by atoms with Gasteiger partial charge in [0.15, 0.2) is 5.82 Å². The second-order valence-corrected chi connectivity index (χ2v) is 5.24. The van der Waals surface area contributed by atoms with E-state index in [0.717, 1.165) is 5.69 Å². The number of benzene rings is 1. The van der Waals surface area contributed by atoms with Gasteiger partial charge in [0.2, 0.25) is 5.91 Å². The fraction of sp³-hybridized carbons (Fsp3) is 0.438. The average Bonchev–Trinajstić information content (AvgIpc) is 3.10. The van der Waals surface area contributed by atoms with Crippen LogP contribution in [0, 0.1) is 0 Å². The van der Waals surface area contributed by atoms with Gasteiger partial charge in [0.1, 0.15) is 0 Å². The molecular weight excluding hydrogens is 324 g/mol. The molecule has 0 atom stereocenters. The minimum absolute atomic E-state index is 0.149. The number of nitrogens with zero attached hydrogens (tertiary/aromatic N) is 3. The predicted octanol–water partition coefficient (Wildman–Crippen LogP) is 1.77. The van der Waals surface area contributed by atoms with Crippen LogP contribution in [-0.4, -0.2) is 45.7 Å². The first kappa shape index (κ1) is 18.4. The van der Waals surface area contributed by atoms with Crippen molar-refractivity contribution >= 4 is 23.3 Å². The van der Waals surface area contributed by atoms with E-state index in [1.165, 1.54) is 0 Å². The second-order valence-electron chi connectivity index (χ2n) is 5.24. The minimum Gasteiger partial charge on any atom is -0.462 e. The molecule has 2 aromatic rings. The molecule has 1 aromatic carbocycles. The van der Waals surface area contributed by atoms with Crippen LogP contribution in [0.2, 0.25) is 0 Å². The number of aromatic amines is 1. The summed E-state index contributed by atoms with van der Waals surface area (Å²) in [5.74, 6) is 0.00672. The summed E-state index contributed by atoms with van der Waals surface area (Å²) in [7, 11) is 0. The lowest BCUT2D eigenvalue weighted by Crippen LogP contribution is -2.15. The van der Waals surface area contributed by atoms with E-state index in [2.05, 4.69) is 31.3 Å². The first-order chi connectivity index (χ1) is 12.1. The molecule has 0 aliphatic rings. The molecule has 134 valence electrons. The Labute approximate surface area is 145 Å². The summed E-state index contributed by atoms with van der Waals surface area (Å²) in [6.07, 6.45) is 1.47. The Morgan fingerprint density at radius 3 is 2.76 bits per heavy atom. The zero-order chi connectivity index (χ0) is 18.1. The van der Waals surface area contributed by atoms with Crippen LogP contribution < -0.4 is 10.6 Å². The summed E-state index contributed by atoms with van der Waals surface area (Å²) in [5, 5.41) is 19.5. The van der Waals surface area contributed by atoms with Gasteiger partial charge in [-0.05, 0) is 38.5 Å². The number of hydrogen-bond acceptors (Lipinski definition) is 7. The molecule has 0 unspecified atom stereocenters. The number of aryl methyl sites for hydroxylation is 1. The number of nitrogens with one attached hydrogen (secondary N) is 3. The highest BCUT2D eigenvalue weighted by molar-refractivity contribution is 5.98. The van der Waals surface area contributed by atoms with Gasteiger partial charge in [-0.2, -0.15) is 5.21 Å². The second kappa shape index (κ2) is 9.36. The van der Waals surface area contributed by atoms with Crippen molar-refractivity contribution in [2.75, 3.05) is 23.8 Å². The lowest BCUT2D eigenvalue weighted by Gasteiger charge is -2.13. The molecule has 9 heteroatoms. The summed E-state index contributed by atoms with van der Waals surface area (Å²) in [6.45, 7) is 4.69. The van der Waals surface area contributed by atoms with Gasteiger partial charge in [-0.3, -0.25) is 4.79 Å². The Morgan fingerprint density at radius 1 is 1.24 bits per heavy atom. The van der Waals surface area contributed by atoms with Crippen LogP contribution in [0.5, 0.6) is 0 Å². The molecule has 3 N–H and O–H groups in total. The smallest absolute Gasteiger partial charge is 0.338 e. The highest BCUT2D eigenvalue weighted by atomic mass is 16.5. The number of amides is 1. The highest BCUT2D eigenvalue weighted by Crippen LogP contribution is 2.24. The van der Waals surface area contributed by atoms with E-state index in [1.54, 1.807) is 25.1 Å². The van der Waals surface area contributed by atoms with Crippen LogP contribution in [0.15, 0.2) is 18.2 Å². The van der Waals surface area contributed by atoms with Crippen LogP contribution in [0.3, 0.4) is 0 Å². The van der Waals surface area contributed by atoms with Crippen molar-refractivity contribution in [3.63, 3.8) is 0 Å². The SMILES string of the molecule is CCNc1ccc(C(=O)OCC)cc1NC(=O)CCCc1nn[nH]n1. The van der Waals surface area contributed by atoms with Gasteiger partial charge >= 0.3 is 5.97 Å². The van der Waals surface area contributed by atoms with Crippen LogP contribution in [0.1, 0.15) is 42.9 Å². The Balaban J connectivity index is 2.00. The quantitative estimate of drug-likeness (QED) is 0.591. The van der Waals surface area contributed by atoms with Crippen LogP contribution in [0.4, 0.5) is 11.4 Å². The number of carbonyl (C=O) groups excluding carboxylic acids is 2. The molecule has 1 aromatic heterocycles. The maximum atomic E-state index is 12.2. The van der Waals surface area contributed by atoms with E-state index in [-0.39, 0.29) is 5.91 Å².